The Morgan fingerprint density at radius 1 is 1.41 bits per heavy atom. The van der Waals surface area contributed by atoms with Crippen LogP contribution in [0.5, 0.6) is 0 Å². The number of guanidine groups is 1. The van der Waals surface area contributed by atoms with Gasteiger partial charge in [0.25, 0.3) is 0 Å². The van der Waals surface area contributed by atoms with Gasteiger partial charge in [-0.25, -0.2) is 9.98 Å². The highest BCUT2D eigenvalue weighted by atomic mass is 15.2. The van der Waals surface area contributed by atoms with Gasteiger partial charge in [-0.3, -0.25) is 0 Å². The van der Waals surface area contributed by atoms with Crippen LogP contribution in [0.15, 0.2) is 23.3 Å². The number of hydrogen-bond acceptors (Lipinski definition) is 3. The van der Waals surface area contributed by atoms with Crippen LogP contribution < -0.4 is 16.0 Å². The number of rotatable bonds is 6. The molecule has 0 unspecified atom stereocenters. The van der Waals surface area contributed by atoms with Crippen LogP contribution in [0.1, 0.15) is 45.1 Å². The minimum absolute atomic E-state index is 0.516. The van der Waals surface area contributed by atoms with E-state index in [1.807, 2.05) is 6.20 Å². The van der Waals surface area contributed by atoms with Crippen molar-refractivity contribution in [1.82, 2.24) is 10.3 Å². The van der Waals surface area contributed by atoms with Gasteiger partial charge >= 0.3 is 0 Å². The minimum Gasteiger partial charge on any atom is -0.370 e. The van der Waals surface area contributed by atoms with Gasteiger partial charge in [-0.15, -0.1) is 0 Å². The average molecular weight is 303 g/mol. The first-order valence-corrected chi connectivity index (χ1v) is 8.42. The molecule has 2 rings (SSSR count). The first-order valence-electron chi connectivity index (χ1n) is 8.42. The second-order valence-corrected chi connectivity index (χ2v) is 6.18. The van der Waals surface area contributed by atoms with Gasteiger partial charge in [0.05, 0.1) is 6.54 Å². The Kier molecular flexibility index (Phi) is 6.49. The molecule has 22 heavy (non-hydrogen) atoms. The van der Waals surface area contributed by atoms with E-state index < -0.39 is 0 Å². The SMILES string of the molecule is CCCCNC(N)=NCc1ccc(N2CCC(C)CC2)nc1. The van der Waals surface area contributed by atoms with E-state index in [0.29, 0.717) is 12.5 Å². The van der Waals surface area contributed by atoms with E-state index in [-0.39, 0.29) is 0 Å². The summed E-state index contributed by atoms with van der Waals surface area (Å²) < 4.78 is 0. The van der Waals surface area contributed by atoms with Crippen LogP contribution in [-0.4, -0.2) is 30.6 Å². The lowest BCUT2D eigenvalue weighted by molar-refractivity contribution is 0.436. The first kappa shape index (κ1) is 16.6. The van der Waals surface area contributed by atoms with Crippen molar-refractivity contribution in [3.63, 3.8) is 0 Å². The molecule has 1 aliphatic heterocycles. The number of nitrogens with one attached hydrogen (secondary N) is 1. The van der Waals surface area contributed by atoms with Crippen molar-refractivity contribution in [2.24, 2.45) is 16.6 Å². The first-order chi connectivity index (χ1) is 10.7. The second-order valence-electron chi connectivity index (χ2n) is 6.18. The van der Waals surface area contributed by atoms with E-state index in [1.165, 1.54) is 12.8 Å². The van der Waals surface area contributed by atoms with Crippen molar-refractivity contribution in [3.8, 4) is 0 Å². The number of aliphatic imine (C=N–C) groups is 1. The number of nitrogens with two attached hydrogens (primary N) is 1. The van der Waals surface area contributed by atoms with Crippen LogP contribution in [0.25, 0.3) is 0 Å². The molecule has 1 fully saturated rings. The summed E-state index contributed by atoms with van der Waals surface area (Å²) in [5.41, 5.74) is 6.92. The van der Waals surface area contributed by atoms with Crippen molar-refractivity contribution in [2.45, 2.75) is 46.1 Å². The molecular formula is C17H29N5. The highest BCUT2D eigenvalue weighted by Gasteiger charge is 2.16. The zero-order valence-electron chi connectivity index (χ0n) is 13.9. The highest BCUT2D eigenvalue weighted by Crippen LogP contribution is 2.21. The molecule has 2 heterocycles. The Balaban J connectivity index is 1.82. The molecule has 0 saturated carbocycles. The average Bonchev–Trinajstić information content (AvgIpc) is 2.54. The van der Waals surface area contributed by atoms with Crippen molar-refractivity contribution in [3.05, 3.63) is 23.9 Å². The van der Waals surface area contributed by atoms with Crippen LogP contribution in [0.4, 0.5) is 5.82 Å². The maximum atomic E-state index is 5.83. The molecule has 0 spiro atoms. The van der Waals surface area contributed by atoms with Crippen molar-refractivity contribution in [2.75, 3.05) is 24.5 Å². The normalized spacial score (nSPS) is 16.8. The quantitative estimate of drug-likeness (QED) is 0.481. The third-order valence-electron chi connectivity index (χ3n) is 4.19. The molecule has 5 nitrogen and oxygen atoms in total. The van der Waals surface area contributed by atoms with E-state index in [9.17, 15) is 0 Å². The fourth-order valence-electron chi connectivity index (χ4n) is 2.56. The molecule has 0 aliphatic carbocycles. The molecule has 3 N–H and O–H groups in total. The van der Waals surface area contributed by atoms with Gasteiger partial charge in [-0.05, 0) is 36.8 Å². The van der Waals surface area contributed by atoms with Crippen LogP contribution in [0.2, 0.25) is 0 Å². The molecule has 0 bridgehead atoms. The number of nitrogens with zero attached hydrogens (tertiary/aromatic N) is 3. The summed E-state index contributed by atoms with van der Waals surface area (Å²) in [5, 5.41) is 3.12. The maximum Gasteiger partial charge on any atom is 0.188 e. The third-order valence-corrected chi connectivity index (χ3v) is 4.19. The fourth-order valence-corrected chi connectivity index (χ4v) is 2.56. The van der Waals surface area contributed by atoms with Crippen LogP contribution in [0, 0.1) is 5.92 Å². The lowest BCUT2D eigenvalue weighted by Gasteiger charge is -2.31. The molecule has 1 aliphatic rings. The number of hydrogen-bond donors (Lipinski definition) is 2. The number of anilines is 1. The molecule has 0 amide bonds. The smallest absolute Gasteiger partial charge is 0.188 e. The van der Waals surface area contributed by atoms with E-state index in [2.05, 4.69) is 46.2 Å². The minimum atomic E-state index is 0.516. The Bertz CT molecular complexity index is 460. The number of piperidine rings is 1. The summed E-state index contributed by atoms with van der Waals surface area (Å²) >= 11 is 0. The molecule has 0 aromatic carbocycles. The van der Waals surface area contributed by atoms with Gasteiger partial charge in [0.1, 0.15) is 5.82 Å². The lowest BCUT2D eigenvalue weighted by atomic mass is 9.99. The predicted octanol–water partition coefficient (Wildman–Crippen LogP) is 2.52. The standard InChI is InChI=1S/C17H29N5/c1-3-4-9-19-17(18)21-13-15-5-6-16(20-12-15)22-10-7-14(2)8-11-22/h5-6,12,14H,3-4,7-11,13H2,1-2H3,(H3,18,19,21). The largest absolute Gasteiger partial charge is 0.370 e. The Hall–Kier alpha value is -1.78. The molecular weight excluding hydrogens is 274 g/mol. The number of pyridine rings is 1. The summed E-state index contributed by atoms with van der Waals surface area (Å²) in [5.74, 6) is 2.43. The van der Waals surface area contributed by atoms with Gasteiger partial charge < -0.3 is 16.0 Å². The van der Waals surface area contributed by atoms with Gasteiger partial charge in [0.2, 0.25) is 0 Å². The van der Waals surface area contributed by atoms with E-state index in [4.69, 9.17) is 5.73 Å². The summed E-state index contributed by atoms with van der Waals surface area (Å²) in [6, 6.07) is 4.20. The molecule has 1 aromatic heterocycles. The Morgan fingerprint density at radius 2 is 2.18 bits per heavy atom. The fraction of sp³-hybridized carbons (Fsp3) is 0.647. The number of aromatic nitrogens is 1. The third kappa shape index (κ3) is 5.20. The van der Waals surface area contributed by atoms with E-state index in [1.54, 1.807) is 0 Å². The van der Waals surface area contributed by atoms with Crippen molar-refractivity contribution in [1.29, 1.82) is 0 Å². The number of unbranched alkanes of at least 4 members (excludes halogenated alkanes) is 1. The van der Waals surface area contributed by atoms with Crippen molar-refractivity contribution < 1.29 is 0 Å². The Morgan fingerprint density at radius 3 is 2.82 bits per heavy atom. The van der Waals surface area contributed by atoms with E-state index in [0.717, 1.165) is 49.8 Å². The zero-order chi connectivity index (χ0) is 15.8. The van der Waals surface area contributed by atoms with E-state index >= 15 is 0 Å². The summed E-state index contributed by atoms with van der Waals surface area (Å²) in [6.07, 6.45) is 6.69. The van der Waals surface area contributed by atoms with Crippen LogP contribution in [0.3, 0.4) is 0 Å². The Labute approximate surface area is 134 Å². The summed E-state index contributed by atoms with van der Waals surface area (Å²) in [7, 11) is 0. The summed E-state index contributed by atoms with van der Waals surface area (Å²) in [6.45, 7) is 8.17. The van der Waals surface area contributed by atoms with Gasteiger partial charge in [0, 0.05) is 25.8 Å². The lowest BCUT2D eigenvalue weighted by Crippen LogP contribution is -2.33. The molecule has 0 radical (unpaired) electrons. The van der Waals surface area contributed by atoms with Gasteiger partial charge in [0.15, 0.2) is 5.96 Å². The molecule has 1 saturated heterocycles. The second kappa shape index (κ2) is 8.61. The zero-order valence-corrected chi connectivity index (χ0v) is 13.9. The molecule has 1 aromatic rings. The molecule has 5 heteroatoms. The molecule has 122 valence electrons. The molecule has 0 atom stereocenters. The monoisotopic (exact) mass is 303 g/mol. The predicted molar refractivity (Wildman–Crippen MR) is 93.1 cm³/mol. The topological polar surface area (TPSA) is 66.5 Å². The van der Waals surface area contributed by atoms with Gasteiger partial charge in [-0.2, -0.15) is 0 Å². The van der Waals surface area contributed by atoms with Gasteiger partial charge in [-0.1, -0.05) is 26.3 Å². The van der Waals surface area contributed by atoms with Crippen LogP contribution >= 0.6 is 0 Å². The van der Waals surface area contributed by atoms with Crippen molar-refractivity contribution >= 4 is 11.8 Å². The van der Waals surface area contributed by atoms with Crippen LogP contribution in [-0.2, 0) is 6.54 Å². The summed E-state index contributed by atoms with van der Waals surface area (Å²) in [4.78, 5) is 11.3. The maximum absolute atomic E-state index is 5.83. The highest BCUT2D eigenvalue weighted by molar-refractivity contribution is 5.77.